The van der Waals surface area contributed by atoms with Crippen molar-refractivity contribution in [3.05, 3.63) is 107 Å². The molecule has 2 atom stereocenters. The second-order valence-corrected chi connectivity index (χ2v) is 8.47. The van der Waals surface area contributed by atoms with Crippen molar-refractivity contribution >= 4 is 22.7 Å². The molecule has 0 fully saturated rings. The lowest BCUT2D eigenvalue weighted by Gasteiger charge is -2.40. The topological polar surface area (TPSA) is 62.4 Å². The highest BCUT2D eigenvalue weighted by Crippen LogP contribution is 2.40. The van der Waals surface area contributed by atoms with Crippen LogP contribution in [0.5, 0.6) is 0 Å². The van der Waals surface area contributed by atoms with Gasteiger partial charge in [-0.3, -0.25) is 14.5 Å². The fourth-order valence-electron chi connectivity index (χ4n) is 4.93. The van der Waals surface area contributed by atoms with Gasteiger partial charge in [-0.25, -0.2) is 0 Å². The highest BCUT2D eigenvalue weighted by Gasteiger charge is 2.41. The van der Waals surface area contributed by atoms with Crippen LogP contribution in [0, 0.1) is 0 Å². The van der Waals surface area contributed by atoms with E-state index in [1.54, 1.807) is 0 Å². The van der Waals surface area contributed by atoms with Crippen molar-refractivity contribution in [3.63, 3.8) is 0 Å². The minimum atomic E-state index is -0.476. The van der Waals surface area contributed by atoms with Crippen LogP contribution in [-0.4, -0.2) is 34.8 Å². The molecule has 4 aromatic rings. The molecule has 1 aliphatic heterocycles. The molecule has 0 spiro atoms. The van der Waals surface area contributed by atoms with Crippen LogP contribution in [0.15, 0.2) is 84.9 Å². The third-order valence-electron chi connectivity index (χ3n) is 6.53. The molecule has 1 aliphatic rings. The summed E-state index contributed by atoms with van der Waals surface area (Å²) in [6.45, 7) is 0.544. The number of esters is 1. The Morgan fingerprint density at radius 1 is 0.939 bits per heavy atom. The predicted octanol–water partition coefficient (Wildman–Crippen LogP) is 5.08. The lowest BCUT2D eigenvalue weighted by molar-refractivity contribution is -0.149. The number of aromatic nitrogens is 1. The van der Waals surface area contributed by atoms with Crippen LogP contribution in [0.1, 0.15) is 39.6 Å². The van der Waals surface area contributed by atoms with Crippen LogP contribution in [0.3, 0.4) is 0 Å². The van der Waals surface area contributed by atoms with Crippen molar-refractivity contribution in [1.82, 2.24) is 9.88 Å². The number of hydrogen-bond acceptors (Lipinski definition) is 4. The van der Waals surface area contributed by atoms with Gasteiger partial charge in [-0.2, -0.15) is 0 Å². The molecule has 5 heteroatoms. The second-order valence-electron chi connectivity index (χ2n) is 8.47. The summed E-state index contributed by atoms with van der Waals surface area (Å²) < 4.78 is 5.22. The van der Waals surface area contributed by atoms with Crippen molar-refractivity contribution in [1.29, 1.82) is 0 Å². The Labute approximate surface area is 193 Å². The lowest BCUT2D eigenvalue weighted by Crippen LogP contribution is -2.48. The summed E-state index contributed by atoms with van der Waals surface area (Å²) in [6, 6.07) is 26.8. The molecule has 0 amide bonds. The number of nitrogens with one attached hydrogen (secondary N) is 1. The van der Waals surface area contributed by atoms with E-state index in [0.717, 1.165) is 27.7 Å². The number of carbonyl (C=O) groups excluding carboxylic acids is 2. The average Bonchev–Trinajstić information content (AvgIpc) is 3.24. The molecule has 5 rings (SSSR count). The van der Waals surface area contributed by atoms with E-state index in [1.165, 1.54) is 7.11 Å². The van der Waals surface area contributed by atoms with E-state index in [0.29, 0.717) is 18.5 Å². The molecule has 1 aromatic heterocycles. The van der Waals surface area contributed by atoms with Crippen molar-refractivity contribution in [2.45, 2.75) is 31.5 Å². The standard InChI is InChI=1S/C28H26N2O3/c1-33-28(32)25-16-22-21-14-8-9-15-23(21)29-27(22)24(17-26(31)20-12-6-3-7-13-20)30(25)18-19-10-4-2-5-11-19/h2-15,24-25,29H,16-18H2,1H3/t24-,25+/m1/s1. The zero-order chi connectivity index (χ0) is 22.8. The van der Waals surface area contributed by atoms with E-state index < -0.39 is 6.04 Å². The van der Waals surface area contributed by atoms with Crippen LogP contribution in [0.4, 0.5) is 0 Å². The number of hydrogen-bond donors (Lipinski definition) is 1. The summed E-state index contributed by atoms with van der Waals surface area (Å²) in [4.78, 5) is 32.0. The number of fused-ring (bicyclic) bond motifs is 3. The quantitative estimate of drug-likeness (QED) is 0.337. The lowest BCUT2D eigenvalue weighted by atomic mass is 9.87. The van der Waals surface area contributed by atoms with Crippen LogP contribution in [-0.2, 0) is 22.5 Å². The smallest absolute Gasteiger partial charge is 0.323 e. The van der Waals surface area contributed by atoms with E-state index in [1.807, 2.05) is 78.9 Å². The zero-order valence-corrected chi connectivity index (χ0v) is 18.5. The first-order valence-electron chi connectivity index (χ1n) is 11.2. The van der Waals surface area contributed by atoms with Gasteiger partial charge in [0.15, 0.2) is 5.78 Å². The average molecular weight is 439 g/mol. The van der Waals surface area contributed by atoms with Crippen molar-refractivity contribution < 1.29 is 14.3 Å². The molecule has 1 N–H and O–H groups in total. The number of ketones is 1. The maximum atomic E-state index is 13.3. The highest BCUT2D eigenvalue weighted by molar-refractivity contribution is 5.97. The number of nitrogens with zero attached hydrogens (tertiary/aromatic N) is 1. The van der Waals surface area contributed by atoms with Gasteiger partial charge in [0.1, 0.15) is 6.04 Å². The highest BCUT2D eigenvalue weighted by atomic mass is 16.5. The number of para-hydroxylation sites is 1. The van der Waals surface area contributed by atoms with Gasteiger partial charge in [0, 0.05) is 41.5 Å². The van der Waals surface area contributed by atoms with Gasteiger partial charge in [-0.1, -0.05) is 78.9 Å². The molecule has 2 heterocycles. The number of H-pyrrole nitrogens is 1. The summed E-state index contributed by atoms with van der Waals surface area (Å²) in [6.07, 6.45) is 0.805. The van der Waals surface area contributed by atoms with Gasteiger partial charge >= 0.3 is 5.97 Å². The van der Waals surface area contributed by atoms with Gasteiger partial charge in [-0.05, 0) is 17.2 Å². The normalized spacial score (nSPS) is 18.1. The van der Waals surface area contributed by atoms with Crippen molar-refractivity contribution in [2.75, 3.05) is 7.11 Å². The molecule has 0 saturated heterocycles. The largest absolute Gasteiger partial charge is 0.468 e. The Balaban J connectivity index is 1.62. The molecule has 0 unspecified atom stereocenters. The molecule has 166 valence electrons. The Bertz CT molecular complexity index is 1280. The van der Waals surface area contributed by atoms with Crippen LogP contribution in [0.25, 0.3) is 10.9 Å². The summed E-state index contributed by atoms with van der Waals surface area (Å²) in [7, 11) is 1.43. The fraction of sp³-hybridized carbons (Fsp3) is 0.214. The van der Waals surface area contributed by atoms with E-state index in [4.69, 9.17) is 4.74 Å². The zero-order valence-electron chi connectivity index (χ0n) is 18.5. The molecule has 0 aliphatic carbocycles. The first-order valence-corrected chi connectivity index (χ1v) is 11.2. The summed E-state index contributed by atoms with van der Waals surface area (Å²) in [5.41, 5.74) is 4.88. The van der Waals surface area contributed by atoms with Gasteiger partial charge in [0.2, 0.25) is 0 Å². The molecule has 0 bridgehead atoms. The van der Waals surface area contributed by atoms with Crippen LogP contribution >= 0.6 is 0 Å². The Morgan fingerprint density at radius 2 is 1.61 bits per heavy atom. The minimum Gasteiger partial charge on any atom is -0.468 e. The predicted molar refractivity (Wildman–Crippen MR) is 128 cm³/mol. The van der Waals surface area contributed by atoms with E-state index in [2.05, 4.69) is 16.0 Å². The van der Waals surface area contributed by atoms with E-state index in [-0.39, 0.29) is 24.2 Å². The number of carbonyl (C=O) groups is 2. The van der Waals surface area contributed by atoms with Crippen molar-refractivity contribution in [3.8, 4) is 0 Å². The summed E-state index contributed by atoms with van der Waals surface area (Å²) in [5.74, 6) is -0.229. The van der Waals surface area contributed by atoms with Crippen LogP contribution in [0.2, 0.25) is 0 Å². The number of aromatic amines is 1. The third kappa shape index (κ3) is 4.08. The maximum absolute atomic E-state index is 13.3. The molecule has 5 nitrogen and oxygen atoms in total. The SMILES string of the molecule is COC(=O)[C@@H]1Cc2c([nH]c3ccccc23)[C@@H](CC(=O)c2ccccc2)N1Cc1ccccc1. The second kappa shape index (κ2) is 9.04. The first-order chi connectivity index (χ1) is 16.2. The van der Waals surface area contributed by atoms with Gasteiger partial charge < -0.3 is 9.72 Å². The Morgan fingerprint density at radius 3 is 2.33 bits per heavy atom. The number of Topliss-reactive ketones (excluding diaryl/α,β-unsaturated/α-hetero) is 1. The number of rotatable bonds is 6. The monoisotopic (exact) mass is 438 g/mol. The van der Waals surface area contributed by atoms with Gasteiger partial charge in [0.05, 0.1) is 13.2 Å². The van der Waals surface area contributed by atoms with Gasteiger partial charge in [0.25, 0.3) is 0 Å². The molecule has 0 radical (unpaired) electrons. The third-order valence-corrected chi connectivity index (χ3v) is 6.53. The molecule has 0 saturated carbocycles. The van der Waals surface area contributed by atoms with Crippen molar-refractivity contribution in [2.24, 2.45) is 0 Å². The molecule has 3 aromatic carbocycles. The van der Waals surface area contributed by atoms with E-state index >= 15 is 0 Å². The number of benzene rings is 3. The Hall–Kier alpha value is -3.70. The molecule has 33 heavy (non-hydrogen) atoms. The fourth-order valence-corrected chi connectivity index (χ4v) is 4.93. The Kier molecular flexibility index (Phi) is 5.80. The number of methoxy groups -OCH3 is 1. The maximum Gasteiger partial charge on any atom is 0.323 e. The summed E-state index contributed by atoms with van der Waals surface area (Å²) >= 11 is 0. The van der Waals surface area contributed by atoms with Crippen LogP contribution < -0.4 is 0 Å². The summed E-state index contributed by atoms with van der Waals surface area (Å²) in [5, 5.41) is 1.10. The minimum absolute atomic E-state index is 0.0498. The number of ether oxygens (including phenoxy) is 1. The first kappa shape index (κ1) is 21.2. The molecular weight excluding hydrogens is 412 g/mol. The van der Waals surface area contributed by atoms with E-state index in [9.17, 15) is 9.59 Å². The molecular formula is C28H26N2O3. The van der Waals surface area contributed by atoms with Gasteiger partial charge in [-0.15, -0.1) is 0 Å².